The van der Waals surface area contributed by atoms with Crippen molar-refractivity contribution in [1.82, 2.24) is 0 Å². The number of hydrogen-bond donors (Lipinski definition) is 1. The van der Waals surface area contributed by atoms with Gasteiger partial charge >= 0.3 is 0 Å². The molecule has 0 saturated carbocycles. The Balaban J connectivity index is 0.00000133. The molecule has 0 unspecified atom stereocenters. The first-order valence-electron chi connectivity index (χ1n) is 6.51. The Bertz CT molecular complexity index is 465. The van der Waals surface area contributed by atoms with Crippen LogP contribution in [-0.4, -0.2) is 35.0 Å². The van der Waals surface area contributed by atoms with Crippen LogP contribution in [-0.2, 0) is 6.54 Å². The van der Waals surface area contributed by atoms with E-state index in [-0.39, 0.29) is 17.0 Å². The minimum absolute atomic E-state index is 0. The third-order valence-electron chi connectivity index (χ3n) is 4.43. The van der Waals surface area contributed by atoms with Crippen molar-refractivity contribution in [3.8, 4) is 0 Å². The lowest BCUT2D eigenvalue weighted by Gasteiger charge is -2.49. The van der Waals surface area contributed by atoms with Crippen LogP contribution in [0.5, 0.6) is 0 Å². The van der Waals surface area contributed by atoms with Crippen molar-refractivity contribution in [2.45, 2.75) is 19.4 Å². The molecule has 19 heavy (non-hydrogen) atoms. The maximum Gasteiger partial charge on any atom is 0.122 e. The van der Waals surface area contributed by atoms with Gasteiger partial charge in [0.1, 0.15) is 18.8 Å². The Morgan fingerprint density at radius 3 is 2.42 bits per heavy atom. The van der Waals surface area contributed by atoms with Crippen LogP contribution in [0.3, 0.4) is 0 Å². The average molecular weight is 390 g/mol. The molecule has 3 fully saturated rings. The molecule has 1 N–H and O–H groups in total. The van der Waals surface area contributed by atoms with E-state index in [0.717, 1.165) is 27.8 Å². The molecule has 0 aromatic heterocycles. The fraction of sp³-hybridized carbons (Fsp3) is 0.500. The molecule has 3 saturated heterocycles. The lowest BCUT2D eigenvalue weighted by Crippen LogP contribution is -3.00. The number of quaternary nitrogens is 1. The van der Waals surface area contributed by atoms with Gasteiger partial charge < -0.3 is 26.7 Å². The van der Waals surface area contributed by atoms with Gasteiger partial charge in [0.25, 0.3) is 0 Å². The molecule has 2 bridgehead atoms. The standard InChI is InChI=1S/C14H17BrN2O.BrH/c15-13-3-1-11(2-4-13)9-17-7-5-12(6-8-17)14(10-17)16-18;/h1-4,12H,5-10H2;1H. The summed E-state index contributed by atoms with van der Waals surface area (Å²) >= 11 is 3.47. The summed E-state index contributed by atoms with van der Waals surface area (Å²) in [5.74, 6) is 0.542. The van der Waals surface area contributed by atoms with Crippen LogP contribution in [0, 0.1) is 5.92 Å². The zero-order valence-electron chi connectivity index (χ0n) is 10.7. The lowest BCUT2D eigenvalue weighted by atomic mass is 9.83. The highest BCUT2D eigenvalue weighted by Gasteiger charge is 2.44. The van der Waals surface area contributed by atoms with Crippen molar-refractivity contribution < 1.29 is 26.7 Å². The van der Waals surface area contributed by atoms with Crippen LogP contribution >= 0.6 is 15.9 Å². The SMILES string of the molecule is ON=C1C[N+]2(Cc3ccc(Br)cc3)CCC1CC2.[Br-]. The van der Waals surface area contributed by atoms with Crippen LogP contribution in [0.1, 0.15) is 18.4 Å². The first-order valence-corrected chi connectivity index (χ1v) is 7.30. The number of halogens is 2. The van der Waals surface area contributed by atoms with E-state index in [4.69, 9.17) is 5.21 Å². The highest BCUT2D eigenvalue weighted by atomic mass is 79.9. The van der Waals surface area contributed by atoms with Crippen molar-refractivity contribution in [3.63, 3.8) is 0 Å². The number of oxime groups is 1. The Kier molecular flexibility index (Phi) is 4.69. The molecule has 3 aliphatic rings. The second-order valence-corrected chi connectivity index (χ2v) is 6.51. The zero-order valence-corrected chi connectivity index (χ0v) is 13.9. The van der Waals surface area contributed by atoms with Gasteiger partial charge in [0.2, 0.25) is 0 Å². The predicted octanol–water partition coefficient (Wildman–Crippen LogP) is 0.0237. The largest absolute Gasteiger partial charge is 1.00 e. The number of nitrogens with zero attached hydrogens (tertiary/aromatic N) is 2. The second kappa shape index (κ2) is 5.94. The monoisotopic (exact) mass is 388 g/mol. The van der Waals surface area contributed by atoms with E-state index < -0.39 is 0 Å². The minimum Gasteiger partial charge on any atom is -1.00 e. The van der Waals surface area contributed by atoms with Crippen LogP contribution in [0.25, 0.3) is 0 Å². The normalized spacial score (nSPS) is 31.2. The number of hydrogen-bond acceptors (Lipinski definition) is 2. The predicted molar refractivity (Wildman–Crippen MR) is 74.7 cm³/mol. The molecular weight excluding hydrogens is 372 g/mol. The summed E-state index contributed by atoms with van der Waals surface area (Å²) in [6.45, 7) is 4.43. The summed E-state index contributed by atoms with van der Waals surface area (Å²) in [6, 6.07) is 8.58. The van der Waals surface area contributed by atoms with Crippen LogP contribution in [0.15, 0.2) is 33.9 Å². The van der Waals surface area contributed by atoms with Crippen LogP contribution in [0.4, 0.5) is 0 Å². The van der Waals surface area contributed by atoms with Gasteiger partial charge in [0, 0.05) is 28.8 Å². The average Bonchev–Trinajstić information content (AvgIpc) is 2.42. The molecule has 3 aliphatic heterocycles. The van der Waals surface area contributed by atoms with Crippen LogP contribution < -0.4 is 17.0 Å². The van der Waals surface area contributed by atoms with Gasteiger partial charge in [0.15, 0.2) is 0 Å². The Morgan fingerprint density at radius 2 is 1.84 bits per heavy atom. The number of fused-ring (bicyclic) bond motifs is 3. The van der Waals surface area contributed by atoms with Crippen LogP contribution in [0.2, 0.25) is 0 Å². The van der Waals surface area contributed by atoms with E-state index in [2.05, 4.69) is 45.4 Å². The Labute approximate surface area is 132 Å². The van der Waals surface area contributed by atoms with Crippen molar-refractivity contribution in [2.24, 2.45) is 11.1 Å². The molecule has 0 amide bonds. The van der Waals surface area contributed by atoms with Crippen molar-refractivity contribution in [3.05, 3.63) is 34.3 Å². The molecule has 1 aromatic carbocycles. The fourth-order valence-electron chi connectivity index (χ4n) is 3.38. The summed E-state index contributed by atoms with van der Waals surface area (Å²) in [4.78, 5) is 0. The Hall–Kier alpha value is -0.390. The van der Waals surface area contributed by atoms with Gasteiger partial charge in [-0.15, -0.1) is 0 Å². The first kappa shape index (κ1) is 15.0. The maximum absolute atomic E-state index is 9.10. The molecule has 0 aliphatic carbocycles. The third-order valence-corrected chi connectivity index (χ3v) is 4.96. The van der Waals surface area contributed by atoms with E-state index in [9.17, 15) is 0 Å². The molecule has 3 heterocycles. The van der Waals surface area contributed by atoms with Crippen molar-refractivity contribution >= 4 is 21.6 Å². The number of piperidine rings is 3. The topological polar surface area (TPSA) is 32.6 Å². The second-order valence-electron chi connectivity index (χ2n) is 5.60. The molecule has 0 atom stereocenters. The van der Waals surface area contributed by atoms with Crippen molar-refractivity contribution in [2.75, 3.05) is 19.6 Å². The summed E-state index contributed by atoms with van der Waals surface area (Å²) in [5, 5.41) is 12.6. The van der Waals surface area contributed by atoms with Gasteiger partial charge in [-0.05, 0) is 12.1 Å². The molecular formula is C14H18Br2N2O. The molecule has 4 rings (SSSR count). The highest BCUT2D eigenvalue weighted by Crippen LogP contribution is 2.33. The quantitative estimate of drug-likeness (QED) is 0.432. The summed E-state index contributed by atoms with van der Waals surface area (Å²) in [7, 11) is 0. The van der Waals surface area contributed by atoms with E-state index in [1.165, 1.54) is 31.5 Å². The number of benzene rings is 1. The van der Waals surface area contributed by atoms with E-state index in [1.54, 1.807) is 0 Å². The van der Waals surface area contributed by atoms with E-state index in [1.807, 2.05) is 0 Å². The smallest absolute Gasteiger partial charge is 0.122 e. The zero-order chi connectivity index (χ0) is 12.6. The summed E-state index contributed by atoms with van der Waals surface area (Å²) in [5.41, 5.74) is 2.39. The molecule has 5 heteroatoms. The third kappa shape index (κ3) is 3.03. The van der Waals surface area contributed by atoms with Gasteiger partial charge in [0.05, 0.1) is 13.1 Å². The molecule has 0 radical (unpaired) electrons. The van der Waals surface area contributed by atoms with Gasteiger partial charge in [-0.25, -0.2) is 0 Å². The summed E-state index contributed by atoms with van der Waals surface area (Å²) < 4.78 is 2.19. The number of rotatable bonds is 2. The maximum atomic E-state index is 9.10. The minimum atomic E-state index is 0. The fourth-order valence-corrected chi connectivity index (χ4v) is 3.65. The molecule has 3 nitrogen and oxygen atoms in total. The van der Waals surface area contributed by atoms with Gasteiger partial charge in [-0.1, -0.05) is 33.2 Å². The lowest BCUT2D eigenvalue weighted by molar-refractivity contribution is -0.942. The molecule has 1 aromatic rings. The van der Waals surface area contributed by atoms with Crippen molar-refractivity contribution in [1.29, 1.82) is 0 Å². The molecule has 0 spiro atoms. The first-order chi connectivity index (χ1) is 8.71. The Morgan fingerprint density at radius 1 is 1.21 bits per heavy atom. The van der Waals surface area contributed by atoms with Gasteiger partial charge in [-0.3, -0.25) is 0 Å². The van der Waals surface area contributed by atoms with E-state index >= 15 is 0 Å². The van der Waals surface area contributed by atoms with Gasteiger partial charge in [-0.2, -0.15) is 0 Å². The molecule has 104 valence electrons. The van der Waals surface area contributed by atoms with E-state index in [0.29, 0.717) is 5.92 Å². The highest BCUT2D eigenvalue weighted by molar-refractivity contribution is 9.10. The summed E-state index contributed by atoms with van der Waals surface area (Å²) in [6.07, 6.45) is 2.35.